The van der Waals surface area contributed by atoms with E-state index in [1.165, 1.54) is 22.6 Å². The second-order valence-electron chi connectivity index (χ2n) is 7.33. The first-order chi connectivity index (χ1) is 15.5. The molecule has 3 aromatic rings. The van der Waals surface area contributed by atoms with Crippen LogP contribution in [0.4, 0.5) is 5.00 Å². The Kier molecular flexibility index (Phi) is 7.35. The Morgan fingerprint density at radius 2 is 2.09 bits per heavy atom. The first-order valence-electron chi connectivity index (χ1n) is 10.3. The van der Waals surface area contributed by atoms with Gasteiger partial charge in [0.05, 0.1) is 10.8 Å². The zero-order valence-electron chi connectivity index (χ0n) is 17.4. The number of thioether (sulfide) groups is 1. The van der Waals surface area contributed by atoms with Gasteiger partial charge < -0.3 is 14.5 Å². The minimum absolute atomic E-state index is 0.113. The number of carbonyl (C=O) groups excluding carboxylic acids is 1. The van der Waals surface area contributed by atoms with Crippen LogP contribution in [0.25, 0.3) is 0 Å². The Morgan fingerprint density at radius 1 is 1.31 bits per heavy atom. The number of amides is 1. The van der Waals surface area contributed by atoms with Crippen LogP contribution >= 0.6 is 34.7 Å². The van der Waals surface area contributed by atoms with E-state index in [1.807, 2.05) is 0 Å². The van der Waals surface area contributed by atoms with Crippen LogP contribution in [0.2, 0.25) is 5.02 Å². The lowest BCUT2D eigenvalue weighted by Gasteiger charge is -2.09. The SMILES string of the molecule is CC(Sc1nnc(COc2ccc(Cl)cc2)o1)C(=O)Nc1sc2c(c1C#N)CCCCC2. The summed E-state index contributed by atoms with van der Waals surface area (Å²) in [6, 6.07) is 9.25. The van der Waals surface area contributed by atoms with Gasteiger partial charge in [0.1, 0.15) is 16.8 Å². The van der Waals surface area contributed by atoms with Crippen LogP contribution in [-0.4, -0.2) is 21.4 Å². The lowest BCUT2D eigenvalue weighted by Crippen LogP contribution is -2.22. The molecule has 4 rings (SSSR count). The molecule has 0 fully saturated rings. The molecule has 1 amide bonds. The fraction of sp³-hybridized carbons (Fsp3) is 0.364. The van der Waals surface area contributed by atoms with Crippen molar-refractivity contribution in [1.82, 2.24) is 10.2 Å². The number of hydrogen-bond donors (Lipinski definition) is 1. The van der Waals surface area contributed by atoms with Gasteiger partial charge in [0.25, 0.3) is 11.1 Å². The van der Waals surface area contributed by atoms with Gasteiger partial charge in [-0.1, -0.05) is 29.8 Å². The van der Waals surface area contributed by atoms with Gasteiger partial charge in [0.2, 0.25) is 5.91 Å². The van der Waals surface area contributed by atoms with Gasteiger partial charge in [-0.2, -0.15) is 5.26 Å². The Hall–Kier alpha value is -2.54. The highest BCUT2D eigenvalue weighted by Gasteiger charge is 2.24. The number of halogens is 1. The fourth-order valence-electron chi connectivity index (χ4n) is 3.39. The van der Waals surface area contributed by atoms with Gasteiger partial charge in [0.15, 0.2) is 6.61 Å². The van der Waals surface area contributed by atoms with Crippen molar-refractivity contribution in [2.24, 2.45) is 0 Å². The second-order valence-corrected chi connectivity index (χ2v) is 10.2. The topological polar surface area (TPSA) is 101 Å². The average molecular weight is 489 g/mol. The number of nitriles is 1. The Morgan fingerprint density at radius 3 is 2.88 bits per heavy atom. The molecule has 1 N–H and O–H groups in total. The smallest absolute Gasteiger partial charge is 0.277 e. The molecule has 2 aromatic heterocycles. The van der Waals surface area contributed by atoms with Gasteiger partial charge in [0, 0.05) is 9.90 Å². The summed E-state index contributed by atoms with van der Waals surface area (Å²) in [6.45, 7) is 1.88. The van der Waals surface area contributed by atoms with Crippen molar-refractivity contribution in [3.63, 3.8) is 0 Å². The van der Waals surface area contributed by atoms with Crippen molar-refractivity contribution in [3.05, 3.63) is 51.2 Å². The van der Waals surface area contributed by atoms with E-state index in [0.717, 1.165) is 43.0 Å². The van der Waals surface area contributed by atoms with Gasteiger partial charge in [-0.25, -0.2) is 0 Å². The predicted molar refractivity (Wildman–Crippen MR) is 124 cm³/mol. The van der Waals surface area contributed by atoms with Crippen LogP contribution in [0.1, 0.15) is 48.1 Å². The minimum atomic E-state index is -0.478. The highest BCUT2D eigenvalue weighted by atomic mass is 35.5. The van der Waals surface area contributed by atoms with Gasteiger partial charge >= 0.3 is 0 Å². The van der Waals surface area contributed by atoms with Crippen molar-refractivity contribution < 1.29 is 13.9 Å². The maximum atomic E-state index is 12.8. The van der Waals surface area contributed by atoms with Gasteiger partial charge in [-0.05, 0) is 62.4 Å². The van der Waals surface area contributed by atoms with Crippen LogP contribution in [0.5, 0.6) is 5.75 Å². The molecule has 0 spiro atoms. The quantitative estimate of drug-likeness (QED) is 0.340. The molecule has 0 aliphatic heterocycles. The summed E-state index contributed by atoms with van der Waals surface area (Å²) in [5.74, 6) is 0.737. The number of nitrogens with zero attached hydrogens (tertiary/aromatic N) is 3. The Labute approximate surface area is 199 Å². The highest BCUT2D eigenvalue weighted by molar-refractivity contribution is 8.00. The molecule has 0 saturated carbocycles. The maximum absolute atomic E-state index is 12.8. The van der Waals surface area contributed by atoms with Crippen LogP contribution in [-0.2, 0) is 24.2 Å². The molecular weight excluding hydrogens is 468 g/mol. The summed E-state index contributed by atoms with van der Waals surface area (Å²) in [6.07, 6.45) is 5.26. The molecule has 32 heavy (non-hydrogen) atoms. The molecule has 1 aromatic carbocycles. The molecule has 1 atom stereocenters. The summed E-state index contributed by atoms with van der Waals surface area (Å²) in [7, 11) is 0. The molecule has 0 radical (unpaired) electrons. The third-order valence-electron chi connectivity index (χ3n) is 5.04. The standard InChI is InChI=1S/C22H21ClN4O3S2/c1-13(20(28)25-21-17(11-24)16-5-3-2-4-6-18(16)32-21)31-22-27-26-19(30-22)12-29-15-9-7-14(23)8-10-15/h7-10,13H,2-6,12H2,1H3,(H,25,28). The molecule has 10 heteroatoms. The van der Waals surface area contributed by atoms with Crippen LogP contribution in [0.15, 0.2) is 33.9 Å². The number of carbonyl (C=O) groups is 1. The number of anilines is 1. The average Bonchev–Trinajstić information content (AvgIpc) is 3.29. The van der Waals surface area contributed by atoms with Crippen molar-refractivity contribution in [2.45, 2.75) is 56.1 Å². The summed E-state index contributed by atoms with van der Waals surface area (Å²) < 4.78 is 11.2. The molecule has 1 aliphatic rings. The number of benzene rings is 1. The van der Waals surface area contributed by atoms with E-state index in [0.29, 0.717) is 27.2 Å². The number of ether oxygens (including phenoxy) is 1. The van der Waals surface area contributed by atoms with E-state index < -0.39 is 5.25 Å². The molecule has 166 valence electrons. The summed E-state index contributed by atoms with van der Waals surface area (Å²) >= 11 is 8.54. The van der Waals surface area contributed by atoms with Crippen LogP contribution in [0.3, 0.4) is 0 Å². The lowest BCUT2D eigenvalue weighted by atomic mass is 10.1. The Bertz CT molecular complexity index is 1140. The molecule has 2 heterocycles. The molecule has 0 bridgehead atoms. The number of aromatic nitrogens is 2. The highest BCUT2D eigenvalue weighted by Crippen LogP contribution is 2.37. The van der Waals surface area contributed by atoms with Crippen LogP contribution < -0.4 is 10.1 Å². The van der Waals surface area contributed by atoms with E-state index in [2.05, 4.69) is 21.6 Å². The van der Waals surface area contributed by atoms with E-state index in [9.17, 15) is 10.1 Å². The number of nitrogens with one attached hydrogen (secondary N) is 1. The number of rotatable bonds is 7. The van der Waals surface area contributed by atoms with Crippen molar-refractivity contribution >= 4 is 45.6 Å². The first-order valence-corrected chi connectivity index (χ1v) is 12.3. The molecule has 7 nitrogen and oxygen atoms in total. The number of thiophene rings is 1. The van der Waals surface area contributed by atoms with Crippen molar-refractivity contribution in [1.29, 1.82) is 5.26 Å². The third kappa shape index (κ3) is 5.44. The maximum Gasteiger partial charge on any atom is 0.277 e. The van der Waals surface area contributed by atoms with Gasteiger partial charge in [-0.15, -0.1) is 21.5 Å². The lowest BCUT2D eigenvalue weighted by molar-refractivity contribution is -0.115. The molecular formula is C22H21ClN4O3S2. The first kappa shape index (κ1) is 22.6. The van der Waals surface area contributed by atoms with E-state index in [-0.39, 0.29) is 17.7 Å². The molecule has 0 saturated heterocycles. The summed E-state index contributed by atoms with van der Waals surface area (Å²) in [5, 5.41) is 21.6. The zero-order valence-corrected chi connectivity index (χ0v) is 19.8. The third-order valence-corrected chi connectivity index (χ3v) is 7.43. The van der Waals surface area contributed by atoms with Crippen molar-refractivity contribution in [2.75, 3.05) is 5.32 Å². The van der Waals surface area contributed by atoms with Crippen LogP contribution in [0, 0.1) is 11.3 Å². The number of aryl methyl sites for hydroxylation is 1. The minimum Gasteiger partial charge on any atom is -0.484 e. The Balaban J connectivity index is 1.34. The fourth-order valence-corrected chi connectivity index (χ4v) is 5.46. The predicted octanol–water partition coefficient (Wildman–Crippen LogP) is 5.62. The number of fused-ring (bicyclic) bond motifs is 1. The van der Waals surface area contributed by atoms with Crippen molar-refractivity contribution in [3.8, 4) is 11.8 Å². The largest absolute Gasteiger partial charge is 0.484 e. The van der Waals surface area contributed by atoms with Gasteiger partial charge in [-0.3, -0.25) is 4.79 Å². The van der Waals surface area contributed by atoms with E-state index in [4.69, 9.17) is 20.8 Å². The van der Waals surface area contributed by atoms with E-state index >= 15 is 0 Å². The molecule has 1 unspecified atom stereocenters. The molecule has 1 aliphatic carbocycles. The summed E-state index contributed by atoms with van der Waals surface area (Å²) in [5.41, 5.74) is 1.71. The zero-order chi connectivity index (χ0) is 22.5. The second kappa shape index (κ2) is 10.4. The summed E-state index contributed by atoms with van der Waals surface area (Å²) in [4.78, 5) is 14.0. The van der Waals surface area contributed by atoms with E-state index in [1.54, 1.807) is 31.2 Å². The number of hydrogen-bond acceptors (Lipinski definition) is 8. The normalized spacial score (nSPS) is 14.2. The monoisotopic (exact) mass is 488 g/mol.